The first-order chi connectivity index (χ1) is 7.36. The summed E-state index contributed by atoms with van der Waals surface area (Å²) in [7, 11) is 1.82. The van der Waals surface area contributed by atoms with Crippen LogP contribution in [0.3, 0.4) is 0 Å². The van der Waals surface area contributed by atoms with E-state index in [4.69, 9.17) is 4.74 Å². The molecule has 0 saturated heterocycles. The molecule has 2 nitrogen and oxygen atoms in total. The summed E-state index contributed by atoms with van der Waals surface area (Å²) in [5.74, 6) is 0. The minimum absolute atomic E-state index is 0.258. The third kappa shape index (κ3) is 3.74. The molecule has 2 heteroatoms. The molecule has 0 bridgehead atoms. The third-order valence-corrected chi connectivity index (χ3v) is 4.11. The van der Waals surface area contributed by atoms with Crippen molar-refractivity contribution in [2.24, 2.45) is 10.8 Å². The highest BCUT2D eigenvalue weighted by Crippen LogP contribution is 2.42. The van der Waals surface area contributed by atoms with Gasteiger partial charge in [0, 0.05) is 19.1 Å². The van der Waals surface area contributed by atoms with Crippen LogP contribution in [0.2, 0.25) is 0 Å². The van der Waals surface area contributed by atoms with E-state index in [1.165, 1.54) is 6.42 Å². The first-order valence-corrected chi connectivity index (χ1v) is 6.58. The fraction of sp³-hybridized carbons (Fsp3) is 1.00. The summed E-state index contributed by atoms with van der Waals surface area (Å²) in [4.78, 5) is 2.51. The summed E-state index contributed by atoms with van der Waals surface area (Å²) < 4.78 is 5.49. The lowest BCUT2D eigenvalue weighted by Crippen LogP contribution is -2.48. The normalized spacial score (nSPS) is 16.5. The van der Waals surface area contributed by atoms with Crippen LogP contribution in [0.15, 0.2) is 0 Å². The highest BCUT2D eigenvalue weighted by molar-refractivity contribution is 4.91. The Morgan fingerprint density at radius 3 is 1.75 bits per heavy atom. The van der Waals surface area contributed by atoms with Gasteiger partial charge in [-0.15, -0.1) is 0 Å². The zero-order valence-electron chi connectivity index (χ0n) is 12.4. The fourth-order valence-electron chi connectivity index (χ4n) is 2.40. The molecule has 0 aromatic rings. The van der Waals surface area contributed by atoms with Gasteiger partial charge in [0.15, 0.2) is 0 Å². The Morgan fingerprint density at radius 2 is 1.50 bits per heavy atom. The molecule has 0 aromatic heterocycles. The Hall–Kier alpha value is -0.0800. The van der Waals surface area contributed by atoms with E-state index in [1.54, 1.807) is 0 Å². The topological polar surface area (TPSA) is 12.5 Å². The molecule has 0 radical (unpaired) electrons. The number of rotatable bonds is 7. The van der Waals surface area contributed by atoms with E-state index in [2.05, 4.69) is 46.4 Å². The average Bonchev–Trinajstić information content (AvgIpc) is 2.22. The van der Waals surface area contributed by atoms with E-state index in [9.17, 15) is 0 Å². The molecule has 0 saturated carbocycles. The van der Waals surface area contributed by atoms with Crippen LogP contribution in [-0.4, -0.2) is 38.3 Å². The van der Waals surface area contributed by atoms with Gasteiger partial charge < -0.3 is 9.64 Å². The molecule has 0 amide bonds. The van der Waals surface area contributed by atoms with Gasteiger partial charge in [0.25, 0.3) is 0 Å². The standard InChI is InChI=1S/C14H31NO/c1-8-14(12-16-7,13(4,5)6)11-15(9-2)10-3/h8-12H2,1-7H3. The predicted molar refractivity (Wildman–Crippen MR) is 71.8 cm³/mol. The second-order valence-electron chi connectivity index (χ2n) is 5.78. The Labute approximate surface area is 102 Å². The fourth-order valence-corrected chi connectivity index (χ4v) is 2.40. The second-order valence-corrected chi connectivity index (χ2v) is 5.78. The van der Waals surface area contributed by atoms with Crippen molar-refractivity contribution in [3.8, 4) is 0 Å². The van der Waals surface area contributed by atoms with Gasteiger partial charge in [-0.25, -0.2) is 0 Å². The summed E-state index contributed by atoms with van der Waals surface area (Å²) in [6.45, 7) is 18.0. The number of hydrogen-bond donors (Lipinski definition) is 0. The SMILES string of the molecule is CCN(CC)CC(CC)(COC)C(C)(C)C. The molecule has 16 heavy (non-hydrogen) atoms. The van der Waals surface area contributed by atoms with Crippen molar-refractivity contribution in [2.75, 3.05) is 33.4 Å². The van der Waals surface area contributed by atoms with Gasteiger partial charge in [0.05, 0.1) is 6.61 Å². The zero-order chi connectivity index (χ0) is 12.8. The van der Waals surface area contributed by atoms with Crippen molar-refractivity contribution >= 4 is 0 Å². The maximum absolute atomic E-state index is 5.49. The van der Waals surface area contributed by atoms with Crippen molar-refractivity contribution in [3.05, 3.63) is 0 Å². The summed E-state index contributed by atoms with van der Waals surface area (Å²) in [6, 6.07) is 0. The predicted octanol–water partition coefficient (Wildman–Crippen LogP) is 3.42. The van der Waals surface area contributed by atoms with Crippen LogP contribution in [0, 0.1) is 10.8 Å². The molecule has 0 fully saturated rings. The third-order valence-electron chi connectivity index (χ3n) is 4.11. The molecular weight excluding hydrogens is 198 g/mol. The molecule has 0 aromatic carbocycles. The Morgan fingerprint density at radius 1 is 1.00 bits per heavy atom. The number of ether oxygens (including phenoxy) is 1. The van der Waals surface area contributed by atoms with Crippen molar-refractivity contribution in [1.29, 1.82) is 0 Å². The molecule has 0 N–H and O–H groups in total. The summed E-state index contributed by atoms with van der Waals surface area (Å²) >= 11 is 0. The van der Waals surface area contributed by atoms with Crippen LogP contribution in [0.5, 0.6) is 0 Å². The van der Waals surface area contributed by atoms with Crippen LogP contribution in [0.1, 0.15) is 48.0 Å². The van der Waals surface area contributed by atoms with E-state index in [-0.39, 0.29) is 10.8 Å². The molecule has 0 aliphatic rings. The Balaban J connectivity index is 4.90. The van der Waals surface area contributed by atoms with Gasteiger partial charge in [0.2, 0.25) is 0 Å². The van der Waals surface area contributed by atoms with E-state index < -0.39 is 0 Å². The zero-order valence-corrected chi connectivity index (χ0v) is 12.4. The maximum atomic E-state index is 5.49. The number of nitrogens with zero attached hydrogens (tertiary/aromatic N) is 1. The molecule has 0 spiro atoms. The van der Waals surface area contributed by atoms with Crippen LogP contribution in [0.25, 0.3) is 0 Å². The molecule has 0 rings (SSSR count). The molecule has 0 aliphatic heterocycles. The monoisotopic (exact) mass is 229 g/mol. The van der Waals surface area contributed by atoms with Crippen molar-refractivity contribution < 1.29 is 4.74 Å². The highest BCUT2D eigenvalue weighted by atomic mass is 16.5. The van der Waals surface area contributed by atoms with E-state index in [1.807, 2.05) is 7.11 Å². The molecule has 0 heterocycles. The molecule has 1 unspecified atom stereocenters. The largest absolute Gasteiger partial charge is 0.384 e. The molecule has 1 atom stereocenters. The minimum atomic E-state index is 0.258. The van der Waals surface area contributed by atoms with Gasteiger partial charge >= 0.3 is 0 Å². The number of methoxy groups -OCH3 is 1. The first-order valence-electron chi connectivity index (χ1n) is 6.58. The second kappa shape index (κ2) is 6.61. The Kier molecular flexibility index (Phi) is 6.57. The van der Waals surface area contributed by atoms with Crippen molar-refractivity contribution in [3.63, 3.8) is 0 Å². The lowest BCUT2D eigenvalue weighted by Gasteiger charge is -2.46. The van der Waals surface area contributed by atoms with Crippen LogP contribution in [0.4, 0.5) is 0 Å². The smallest absolute Gasteiger partial charge is 0.0535 e. The Bertz CT molecular complexity index is 182. The van der Waals surface area contributed by atoms with E-state index in [0.29, 0.717) is 0 Å². The van der Waals surface area contributed by atoms with E-state index in [0.717, 1.165) is 26.2 Å². The van der Waals surface area contributed by atoms with Gasteiger partial charge in [-0.3, -0.25) is 0 Å². The number of hydrogen-bond acceptors (Lipinski definition) is 2. The quantitative estimate of drug-likeness (QED) is 0.663. The van der Waals surface area contributed by atoms with Gasteiger partial charge in [-0.2, -0.15) is 0 Å². The lowest BCUT2D eigenvalue weighted by atomic mass is 9.65. The molecule has 0 aliphatic carbocycles. The van der Waals surface area contributed by atoms with Crippen LogP contribution in [-0.2, 0) is 4.74 Å². The van der Waals surface area contributed by atoms with E-state index >= 15 is 0 Å². The highest BCUT2D eigenvalue weighted by Gasteiger charge is 2.41. The first kappa shape index (κ1) is 15.9. The van der Waals surface area contributed by atoms with Crippen LogP contribution < -0.4 is 0 Å². The summed E-state index contributed by atoms with van der Waals surface area (Å²) in [5.41, 5.74) is 0.536. The van der Waals surface area contributed by atoms with Crippen molar-refractivity contribution in [1.82, 2.24) is 4.90 Å². The average molecular weight is 229 g/mol. The minimum Gasteiger partial charge on any atom is -0.384 e. The van der Waals surface area contributed by atoms with Gasteiger partial charge in [0.1, 0.15) is 0 Å². The summed E-state index contributed by atoms with van der Waals surface area (Å²) in [5, 5.41) is 0. The van der Waals surface area contributed by atoms with Crippen molar-refractivity contribution in [2.45, 2.75) is 48.0 Å². The summed E-state index contributed by atoms with van der Waals surface area (Å²) in [6.07, 6.45) is 1.17. The maximum Gasteiger partial charge on any atom is 0.0535 e. The molecule has 98 valence electrons. The van der Waals surface area contributed by atoms with Gasteiger partial charge in [-0.05, 0) is 24.9 Å². The van der Waals surface area contributed by atoms with Gasteiger partial charge in [-0.1, -0.05) is 41.5 Å². The lowest BCUT2D eigenvalue weighted by molar-refractivity contribution is -0.0342. The van der Waals surface area contributed by atoms with Crippen LogP contribution >= 0.6 is 0 Å². The molecular formula is C14H31NO.